The Labute approximate surface area is 203 Å². The Balaban J connectivity index is 2.56. The largest absolute Gasteiger partial charge is 0.457 e. The molecule has 3 heteroatoms. The van der Waals surface area contributed by atoms with Crippen LogP contribution < -0.4 is 10.5 Å². The minimum atomic E-state index is 0.398. The van der Waals surface area contributed by atoms with Crippen molar-refractivity contribution in [1.29, 1.82) is 0 Å². The first-order chi connectivity index (χ1) is 15.9. The summed E-state index contributed by atoms with van der Waals surface area (Å²) in [6.07, 6.45) is 11.9. The Morgan fingerprint density at radius 2 is 1.91 bits per heavy atom. The van der Waals surface area contributed by atoms with Crippen molar-refractivity contribution in [1.82, 2.24) is 0 Å². The topological polar surface area (TPSA) is 35.2 Å². The van der Waals surface area contributed by atoms with E-state index in [9.17, 15) is 0 Å². The average molecular weight is 456 g/mol. The van der Waals surface area contributed by atoms with E-state index in [2.05, 4.69) is 56.4 Å². The first-order valence-corrected chi connectivity index (χ1v) is 11.9. The van der Waals surface area contributed by atoms with Crippen molar-refractivity contribution in [3.8, 4) is 17.6 Å². The van der Waals surface area contributed by atoms with Gasteiger partial charge in [-0.15, -0.1) is 11.5 Å². The van der Waals surface area contributed by atoms with Crippen LogP contribution in [0.3, 0.4) is 0 Å². The summed E-state index contributed by atoms with van der Waals surface area (Å²) in [5.74, 6) is 8.01. The van der Waals surface area contributed by atoms with Gasteiger partial charge in [-0.1, -0.05) is 42.3 Å². The number of ether oxygens (including phenoxy) is 1. The second kappa shape index (κ2) is 13.4. The summed E-state index contributed by atoms with van der Waals surface area (Å²) in [5.41, 5.74) is 16.5. The van der Waals surface area contributed by atoms with Crippen molar-refractivity contribution in [2.75, 3.05) is 6.54 Å². The summed E-state index contributed by atoms with van der Waals surface area (Å²) in [6.45, 7) is 16.4. The van der Waals surface area contributed by atoms with Gasteiger partial charge in [-0.25, -0.2) is 0 Å². The molecule has 170 valence electrons. The third-order valence-electron chi connectivity index (χ3n) is 4.62. The lowest BCUT2D eigenvalue weighted by atomic mass is 10.1. The van der Waals surface area contributed by atoms with Gasteiger partial charge >= 0.3 is 0 Å². The molecule has 0 aliphatic heterocycles. The first kappa shape index (κ1) is 26.1. The molecule has 2 rings (SSSR count). The standard InChI is InChI=1S/C30H33NOS/c1-7-10-13-24-14-17-29(23(6)33-28(21-31)12-9-3)30(19-24)32-27(18-22(4)5)20-26(11-8-2)25-15-16-25/h7-9,14,17-20,25H,1,6,15-16,21,31H2,2-5H3/b27-20+. The molecule has 1 fully saturated rings. The monoisotopic (exact) mass is 455 g/mol. The van der Waals surface area contributed by atoms with Gasteiger partial charge in [-0.2, -0.15) is 0 Å². The predicted molar refractivity (Wildman–Crippen MR) is 145 cm³/mol. The van der Waals surface area contributed by atoms with Gasteiger partial charge in [-0.3, -0.25) is 0 Å². The summed E-state index contributed by atoms with van der Waals surface area (Å²) < 4.78 is 6.50. The zero-order chi connectivity index (χ0) is 24.2. The van der Waals surface area contributed by atoms with Crippen LogP contribution in [-0.2, 0) is 0 Å². The maximum Gasteiger partial charge on any atom is 0.137 e. The van der Waals surface area contributed by atoms with Crippen LogP contribution in [0.2, 0.25) is 0 Å². The van der Waals surface area contributed by atoms with Crippen LogP contribution in [0.15, 0.2) is 95.0 Å². The van der Waals surface area contributed by atoms with Gasteiger partial charge in [0.2, 0.25) is 0 Å². The van der Waals surface area contributed by atoms with Crippen molar-refractivity contribution < 1.29 is 4.74 Å². The van der Waals surface area contributed by atoms with Crippen molar-refractivity contribution in [2.24, 2.45) is 11.7 Å². The molecule has 2 nitrogen and oxygen atoms in total. The van der Waals surface area contributed by atoms with E-state index >= 15 is 0 Å². The number of rotatable bonds is 9. The van der Waals surface area contributed by atoms with E-state index in [4.69, 9.17) is 10.5 Å². The highest BCUT2D eigenvalue weighted by atomic mass is 32.2. The number of thioether (sulfide) groups is 1. The lowest BCUT2D eigenvalue weighted by Crippen LogP contribution is -2.01. The van der Waals surface area contributed by atoms with E-state index in [1.807, 2.05) is 50.3 Å². The molecule has 0 heterocycles. The van der Waals surface area contributed by atoms with Gasteiger partial charge < -0.3 is 10.5 Å². The molecular weight excluding hydrogens is 422 g/mol. The number of hydrogen-bond donors (Lipinski definition) is 1. The molecule has 1 aliphatic rings. The van der Waals surface area contributed by atoms with Crippen LogP contribution in [0.5, 0.6) is 5.75 Å². The summed E-state index contributed by atoms with van der Waals surface area (Å²) in [4.78, 5) is 1.75. The van der Waals surface area contributed by atoms with Crippen molar-refractivity contribution >= 4 is 16.7 Å². The van der Waals surface area contributed by atoms with E-state index in [0.717, 1.165) is 32.3 Å². The highest BCUT2D eigenvalue weighted by Crippen LogP contribution is 2.39. The first-order valence-electron chi connectivity index (χ1n) is 11.1. The molecule has 0 saturated heterocycles. The van der Waals surface area contributed by atoms with E-state index in [-0.39, 0.29) is 0 Å². The lowest BCUT2D eigenvalue weighted by Gasteiger charge is -2.15. The van der Waals surface area contributed by atoms with Crippen LogP contribution in [0.25, 0.3) is 4.91 Å². The van der Waals surface area contributed by atoms with Gasteiger partial charge in [-0.05, 0) is 95.0 Å². The SMILES string of the molecule is C=CC#Cc1ccc(C(=C)SC(=C=CC)CN)c(O/C(C=C(C)C)=C/C(=C=CC)C2CC2)c1. The van der Waals surface area contributed by atoms with E-state index in [0.29, 0.717) is 18.2 Å². The molecule has 0 bridgehead atoms. The Bertz CT molecular complexity index is 1150. The maximum atomic E-state index is 6.50. The van der Waals surface area contributed by atoms with Crippen molar-refractivity contribution in [3.05, 3.63) is 106 Å². The van der Waals surface area contributed by atoms with Crippen LogP contribution in [0.1, 0.15) is 51.7 Å². The van der Waals surface area contributed by atoms with Gasteiger partial charge in [0.25, 0.3) is 0 Å². The predicted octanol–water partition coefficient (Wildman–Crippen LogP) is 7.69. The zero-order valence-electron chi connectivity index (χ0n) is 20.1. The van der Waals surface area contributed by atoms with Gasteiger partial charge in [0.1, 0.15) is 11.5 Å². The molecule has 0 radical (unpaired) electrons. The Hall–Kier alpha value is -3.11. The average Bonchev–Trinajstić information content (AvgIpc) is 3.62. The molecule has 1 aromatic carbocycles. The molecule has 1 aromatic rings. The molecule has 0 aromatic heterocycles. The van der Waals surface area contributed by atoms with E-state index in [1.165, 1.54) is 30.2 Å². The maximum absolute atomic E-state index is 6.50. The van der Waals surface area contributed by atoms with Gasteiger partial charge in [0.05, 0.1) is 0 Å². The fraction of sp³-hybridized carbons (Fsp3) is 0.267. The van der Waals surface area contributed by atoms with Crippen LogP contribution in [0.4, 0.5) is 0 Å². The molecule has 1 aliphatic carbocycles. The second-order valence-electron chi connectivity index (χ2n) is 7.80. The summed E-state index contributed by atoms with van der Waals surface area (Å²) in [7, 11) is 0. The Kier molecular flexibility index (Phi) is 10.6. The van der Waals surface area contributed by atoms with Crippen molar-refractivity contribution in [3.63, 3.8) is 0 Å². The van der Waals surface area contributed by atoms with Crippen molar-refractivity contribution in [2.45, 2.75) is 40.5 Å². The third-order valence-corrected chi connectivity index (χ3v) is 5.62. The Morgan fingerprint density at radius 1 is 1.18 bits per heavy atom. The summed E-state index contributed by atoms with van der Waals surface area (Å²) in [6, 6.07) is 5.90. The zero-order valence-corrected chi connectivity index (χ0v) is 20.9. The quantitative estimate of drug-likeness (QED) is 0.179. The number of allylic oxidation sites excluding steroid dienone is 5. The third kappa shape index (κ3) is 8.74. The minimum Gasteiger partial charge on any atom is -0.457 e. The molecule has 2 N–H and O–H groups in total. The fourth-order valence-corrected chi connectivity index (χ4v) is 3.88. The molecule has 33 heavy (non-hydrogen) atoms. The number of benzene rings is 1. The van der Waals surface area contributed by atoms with E-state index in [1.54, 1.807) is 6.08 Å². The minimum absolute atomic E-state index is 0.398. The molecule has 1 saturated carbocycles. The van der Waals surface area contributed by atoms with E-state index < -0.39 is 0 Å². The Morgan fingerprint density at radius 3 is 2.48 bits per heavy atom. The molecular formula is C30H33NOS. The highest BCUT2D eigenvalue weighted by Gasteiger charge is 2.25. The molecule has 0 atom stereocenters. The van der Waals surface area contributed by atoms with Crippen LogP contribution in [-0.4, -0.2) is 6.54 Å². The fourth-order valence-electron chi connectivity index (χ4n) is 3.05. The van der Waals surface area contributed by atoms with Crippen LogP contribution >= 0.6 is 11.8 Å². The second-order valence-corrected chi connectivity index (χ2v) is 8.99. The summed E-state index contributed by atoms with van der Waals surface area (Å²) in [5, 5.41) is 0. The number of hydrogen-bond acceptors (Lipinski definition) is 3. The molecule has 0 unspecified atom stereocenters. The highest BCUT2D eigenvalue weighted by molar-refractivity contribution is 8.11. The van der Waals surface area contributed by atoms with Gasteiger partial charge in [0.15, 0.2) is 0 Å². The van der Waals surface area contributed by atoms with Gasteiger partial charge in [0, 0.05) is 33.1 Å². The normalized spacial score (nSPS) is 12.2. The smallest absolute Gasteiger partial charge is 0.137 e. The molecule has 0 amide bonds. The number of nitrogens with two attached hydrogens (primary N) is 1. The lowest BCUT2D eigenvalue weighted by molar-refractivity contribution is 0.441. The summed E-state index contributed by atoms with van der Waals surface area (Å²) >= 11 is 1.50. The van der Waals surface area contributed by atoms with Crippen LogP contribution in [0, 0.1) is 17.8 Å². The molecule has 0 spiro atoms.